The second kappa shape index (κ2) is 4.85. The molecule has 1 heterocycles. The number of benzene rings is 1. The van der Waals surface area contributed by atoms with Crippen LogP contribution in [0.15, 0.2) is 24.3 Å². The Morgan fingerprint density at radius 1 is 1.31 bits per heavy atom. The Morgan fingerprint density at radius 3 is 2.50 bits per heavy atom. The van der Waals surface area contributed by atoms with Crippen LogP contribution >= 0.6 is 0 Å². The monoisotopic (exact) mass is 220 g/mol. The number of hydrogen-bond donors (Lipinski definition) is 2. The second-order valence-corrected chi connectivity index (χ2v) is 4.68. The summed E-state index contributed by atoms with van der Waals surface area (Å²) in [5.41, 5.74) is 2.49. The first-order valence-corrected chi connectivity index (χ1v) is 5.84. The lowest BCUT2D eigenvalue weighted by molar-refractivity contribution is 0.159. The van der Waals surface area contributed by atoms with Crippen molar-refractivity contribution < 1.29 is 5.11 Å². The van der Waals surface area contributed by atoms with Crippen LogP contribution in [0, 0.1) is 0 Å². The lowest BCUT2D eigenvalue weighted by Gasteiger charge is -2.16. The van der Waals surface area contributed by atoms with E-state index in [0.29, 0.717) is 0 Å². The first-order valence-electron chi connectivity index (χ1n) is 5.84. The van der Waals surface area contributed by atoms with Gasteiger partial charge in [0, 0.05) is 25.8 Å². The van der Waals surface area contributed by atoms with Gasteiger partial charge in [-0.25, -0.2) is 0 Å². The minimum absolute atomic E-state index is 0.187. The molecule has 2 N–H and O–H groups in total. The Balaban J connectivity index is 1.99. The summed E-state index contributed by atoms with van der Waals surface area (Å²) in [6, 6.07) is 8.75. The fourth-order valence-corrected chi connectivity index (χ4v) is 2.15. The predicted octanol–water partition coefficient (Wildman–Crippen LogP) is 1.02. The zero-order valence-corrected chi connectivity index (χ0v) is 9.98. The number of aliphatic hydroxyl groups excluding tert-OH is 1. The minimum atomic E-state index is -0.187. The molecule has 1 aromatic carbocycles. The van der Waals surface area contributed by atoms with Gasteiger partial charge in [0.25, 0.3) is 0 Å². The van der Waals surface area contributed by atoms with Crippen LogP contribution in [-0.4, -0.2) is 37.9 Å². The van der Waals surface area contributed by atoms with Gasteiger partial charge in [-0.15, -0.1) is 0 Å². The fraction of sp³-hybridized carbons (Fsp3) is 0.538. The maximum absolute atomic E-state index is 9.72. The maximum atomic E-state index is 9.72. The van der Waals surface area contributed by atoms with E-state index in [1.54, 1.807) is 0 Å². The van der Waals surface area contributed by atoms with Gasteiger partial charge in [-0.05, 0) is 37.1 Å². The SMILES string of the molecule is CN(C)c1ccc(CC2NCCC2O)cc1. The zero-order valence-electron chi connectivity index (χ0n) is 9.98. The third kappa shape index (κ3) is 2.54. The predicted molar refractivity (Wildman–Crippen MR) is 66.9 cm³/mol. The van der Waals surface area contributed by atoms with E-state index >= 15 is 0 Å². The van der Waals surface area contributed by atoms with Crippen LogP contribution in [-0.2, 0) is 6.42 Å². The summed E-state index contributed by atoms with van der Waals surface area (Å²) in [7, 11) is 4.08. The summed E-state index contributed by atoms with van der Waals surface area (Å²) in [5, 5.41) is 13.1. The van der Waals surface area contributed by atoms with Crippen LogP contribution < -0.4 is 10.2 Å². The highest BCUT2D eigenvalue weighted by atomic mass is 16.3. The standard InChI is InChI=1S/C13H20N2O/c1-15(2)11-5-3-10(4-6-11)9-12-13(16)7-8-14-12/h3-6,12-14,16H,7-9H2,1-2H3. The molecule has 3 heteroatoms. The number of rotatable bonds is 3. The van der Waals surface area contributed by atoms with Crippen LogP contribution in [0.1, 0.15) is 12.0 Å². The van der Waals surface area contributed by atoms with E-state index in [2.05, 4.69) is 34.5 Å². The van der Waals surface area contributed by atoms with E-state index in [1.165, 1.54) is 11.3 Å². The largest absolute Gasteiger partial charge is 0.391 e. The number of aliphatic hydroxyl groups is 1. The van der Waals surface area contributed by atoms with Crippen molar-refractivity contribution in [3.63, 3.8) is 0 Å². The van der Waals surface area contributed by atoms with Gasteiger partial charge >= 0.3 is 0 Å². The van der Waals surface area contributed by atoms with Crippen molar-refractivity contribution in [3.8, 4) is 0 Å². The molecule has 0 bridgehead atoms. The molecule has 1 aliphatic heterocycles. The van der Waals surface area contributed by atoms with E-state index in [1.807, 2.05) is 14.1 Å². The van der Waals surface area contributed by atoms with Crippen molar-refractivity contribution in [2.75, 3.05) is 25.5 Å². The Labute approximate surface area is 97.1 Å². The smallest absolute Gasteiger partial charge is 0.0708 e. The Morgan fingerprint density at radius 2 is 2.00 bits per heavy atom. The van der Waals surface area contributed by atoms with Crippen molar-refractivity contribution in [2.24, 2.45) is 0 Å². The molecule has 0 aliphatic carbocycles. The summed E-state index contributed by atoms with van der Waals surface area (Å²) in [4.78, 5) is 2.09. The molecule has 2 rings (SSSR count). The molecular formula is C13H20N2O. The van der Waals surface area contributed by atoms with Gasteiger partial charge in [0.15, 0.2) is 0 Å². The van der Waals surface area contributed by atoms with Crippen molar-refractivity contribution in [2.45, 2.75) is 25.0 Å². The summed E-state index contributed by atoms with van der Waals surface area (Å²) < 4.78 is 0. The second-order valence-electron chi connectivity index (χ2n) is 4.68. The molecule has 3 nitrogen and oxygen atoms in total. The zero-order chi connectivity index (χ0) is 11.5. The molecule has 0 spiro atoms. The van der Waals surface area contributed by atoms with Gasteiger partial charge in [0.2, 0.25) is 0 Å². The fourth-order valence-electron chi connectivity index (χ4n) is 2.15. The Hall–Kier alpha value is -1.06. The van der Waals surface area contributed by atoms with Crippen molar-refractivity contribution in [3.05, 3.63) is 29.8 Å². The molecule has 1 aliphatic rings. The molecule has 0 amide bonds. The quantitative estimate of drug-likeness (QED) is 0.798. The molecule has 1 fully saturated rings. The molecular weight excluding hydrogens is 200 g/mol. The topological polar surface area (TPSA) is 35.5 Å². The van der Waals surface area contributed by atoms with Gasteiger partial charge < -0.3 is 15.3 Å². The molecule has 2 atom stereocenters. The minimum Gasteiger partial charge on any atom is -0.391 e. The summed E-state index contributed by atoms with van der Waals surface area (Å²) >= 11 is 0. The lowest BCUT2D eigenvalue weighted by Crippen LogP contribution is -2.32. The molecule has 1 aromatic rings. The van der Waals surface area contributed by atoms with E-state index < -0.39 is 0 Å². The van der Waals surface area contributed by atoms with Gasteiger partial charge in [-0.2, -0.15) is 0 Å². The highest BCUT2D eigenvalue weighted by Crippen LogP contribution is 2.16. The average Bonchev–Trinajstić information content (AvgIpc) is 2.65. The third-order valence-electron chi connectivity index (χ3n) is 3.22. The van der Waals surface area contributed by atoms with Crippen LogP contribution in [0.3, 0.4) is 0 Å². The number of hydrogen-bond acceptors (Lipinski definition) is 3. The summed E-state index contributed by atoms with van der Waals surface area (Å²) in [6.07, 6.45) is 1.60. The van der Waals surface area contributed by atoms with Crippen LogP contribution in [0.25, 0.3) is 0 Å². The molecule has 16 heavy (non-hydrogen) atoms. The van der Waals surface area contributed by atoms with E-state index in [0.717, 1.165) is 19.4 Å². The third-order valence-corrected chi connectivity index (χ3v) is 3.22. The highest BCUT2D eigenvalue weighted by Gasteiger charge is 2.24. The summed E-state index contributed by atoms with van der Waals surface area (Å²) in [5.74, 6) is 0. The lowest BCUT2D eigenvalue weighted by atomic mass is 10.0. The molecule has 88 valence electrons. The van der Waals surface area contributed by atoms with E-state index in [4.69, 9.17) is 0 Å². The maximum Gasteiger partial charge on any atom is 0.0708 e. The first-order chi connectivity index (χ1) is 7.66. The number of nitrogens with one attached hydrogen (secondary N) is 1. The number of anilines is 1. The number of nitrogens with zero attached hydrogens (tertiary/aromatic N) is 1. The van der Waals surface area contributed by atoms with Gasteiger partial charge in [0.1, 0.15) is 0 Å². The molecule has 2 unspecified atom stereocenters. The Kier molecular flexibility index (Phi) is 3.46. The molecule has 0 saturated carbocycles. The molecule has 1 saturated heterocycles. The highest BCUT2D eigenvalue weighted by molar-refractivity contribution is 5.46. The normalized spacial score (nSPS) is 24.7. The van der Waals surface area contributed by atoms with E-state index in [9.17, 15) is 5.11 Å². The molecule has 0 aromatic heterocycles. The average molecular weight is 220 g/mol. The van der Waals surface area contributed by atoms with Gasteiger partial charge in [0.05, 0.1) is 6.10 Å². The van der Waals surface area contributed by atoms with Gasteiger partial charge in [-0.1, -0.05) is 12.1 Å². The van der Waals surface area contributed by atoms with Crippen LogP contribution in [0.5, 0.6) is 0 Å². The van der Waals surface area contributed by atoms with Crippen LogP contribution in [0.2, 0.25) is 0 Å². The van der Waals surface area contributed by atoms with Gasteiger partial charge in [-0.3, -0.25) is 0 Å². The van der Waals surface area contributed by atoms with Crippen molar-refractivity contribution in [1.82, 2.24) is 5.32 Å². The van der Waals surface area contributed by atoms with Crippen molar-refractivity contribution >= 4 is 5.69 Å². The van der Waals surface area contributed by atoms with E-state index in [-0.39, 0.29) is 12.1 Å². The first kappa shape index (κ1) is 11.4. The van der Waals surface area contributed by atoms with Crippen LogP contribution in [0.4, 0.5) is 5.69 Å². The van der Waals surface area contributed by atoms with Crippen molar-refractivity contribution in [1.29, 1.82) is 0 Å². The molecule has 0 radical (unpaired) electrons. The Bertz CT molecular complexity index is 334. The summed E-state index contributed by atoms with van der Waals surface area (Å²) in [6.45, 7) is 0.932.